The highest BCUT2D eigenvalue weighted by molar-refractivity contribution is 7.99. The van der Waals surface area contributed by atoms with E-state index in [0.29, 0.717) is 13.0 Å². The van der Waals surface area contributed by atoms with Crippen LogP contribution in [0.4, 0.5) is 4.79 Å². The second-order valence-corrected chi connectivity index (χ2v) is 7.38. The molecule has 0 bridgehead atoms. The van der Waals surface area contributed by atoms with Crippen molar-refractivity contribution >= 4 is 23.8 Å². The van der Waals surface area contributed by atoms with E-state index >= 15 is 0 Å². The van der Waals surface area contributed by atoms with Crippen LogP contribution in [-0.2, 0) is 4.79 Å². The number of amides is 2. The summed E-state index contributed by atoms with van der Waals surface area (Å²) < 4.78 is 0.0253. The van der Waals surface area contributed by atoms with Gasteiger partial charge in [-0.15, -0.1) is 0 Å². The maximum Gasteiger partial charge on any atom is 0.315 e. The summed E-state index contributed by atoms with van der Waals surface area (Å²) >= 11 is 1.71. The van der Waals surface area contributed by atoms with Crippen molar-refractivity contribution in [2.45, 2.75) is 57.7 Å². The van der Waals surface area contributed by atoms with Crippen LogP contribution in [0.15, 0.2) is 0 Å². The number of rotatable bonds is 9. The van der Waals surface area contributed by atoms with Gasteiger partial charge in [-0.1, -0.05) is 13.3 Å². The van der Waals surface area contributed by atoms with Gasteiger partial charge in [0.2, 0.25) is 0 Å². The molecule has 0 fully saturated rings. The molecular weight excluding hydrogens is 276 g/mol. The normalized spacial score (nSPS) is 14.4. The number of hydrogen-bond acceptors (Lipinski definition) is 3. The summed E-state index contributed by atoms with van der Waals surface area (Å²) in [4.78, 5) is 22.4. The summed E-state index contributed by atoms with van der Waals surface area (Å²) in [6, 6.07) is -0.112. The standard InChI is InChI=1S/C14H28N2O3S/c1-10(12(17)18)7-6-8-11(2)16-13(19)15-9-14(3,4)20-5/h10-11H,6-9H2,1-5H3,(H,17,18)(H2,15,16,19). The third kappa shape index (κ3) is 9.07. The molecule has 0 aromatic heterocycles. The van der Waals surface area contributed by atoms with Crippen molar-refractivity contribution < 1.29 is 14.7 Å². The lowest BCUT2D eigenvalue weighted by Gasteiger charge is -2.23. The monoisotopic (exact) mass is 304 g/mol. The van der Waals surface area contributed by atoms with E-state index < -0.39 is 5.97 Å². The number of carbonyl (C=O) groups is 2. The van der Waals surface area contributed by atoms with Gasteiger partial charge in [0.25, 0.3) is 0 Å². The Morgan fingerprint density at radius 3 is 2.35 bits per heavy atom. The lowest BCUT2D eigenvalue weighted by molar-refractivity contribution is -0.141. The highest BCUT2D eigenvalue weighted by Gasteiger charge is 2.17. The second kappa shape index (κ2) is 9.10. The molecule has 20 heavy (non-hydrogen) atoms. The smallest absolute Gasteiger partial charge is 0.315 e. The van der Waals surface area contributed by atoms with Crippen LogP contribution in [0.2, 0.25) is 0 Å². The molecule has 0 aromatic rings. The van der Waals surface area contributed by atoms with Crippen molar-refractivity contribution in [1.29, 1.82) is 0 Å². The minimum atomic E-state index is -0.761. The molecule has 5 nitrogen and oxygen atoms in total. The molecule has 0 heterocycles. The minimum absolute atomic E-state index is 0.0253. The van der Waals surface area contributed by atoms with Crippen LogP contribution in [-0.4, -0.2) is 40.7 Å². The molecule has 118 valence electrons. The summed E-state index contributed by atoms with van der Waals surface area (Å²) in [5.41, 5.74) is 0. The van der Waals surface area contributed by atoms with Crippen LogP contribution in [0, 0.1) is 5.92 Å². The van der Waals surface area contributed by atoms with Crippen LogP contribution in [0.3, 0.4) is 0 Å². The molecule has 0 saturated heterocycles. The fourth-order valence-corrected chi connectivity index (χ4v) is 1.78. The predicted octanol–water partition coefficient (Wildman–Crippen LogP) is 2.71. The summed E-state index contributed by atoms with van der Waals surface area (Å²) in [5.74, 6) is -1.08. The Morgan fingerprint density at radius 2 is 1.85 bits per heavy atom. The Hall–Kier alpha value is -0.910. The Bertz CT molecular complexity index is 322. The Labute approximate surface area is 126 Å². The summed E-state index contributed by atoms with van der Waals surface area (Å²) in [7, 11) is 0. The molecule has 0 aromatic carbocycles. The largest absolute Gasteiger partial charge is 0.481 e. The number of hydrogen-bond donors (Lipinski definition) is 3. The van der Waals surface area contributed by atoms with Crippen molar-refractivity contribution in [3.05, 3.63) is 0 Å². The Kier molecular flexibility index (Phi) is 8.69. The van der Waals surface area contributed by atoms with Crippen LogP contribution in [0.5, 0.6) is 0 Å². The summed E-state index contributed by atoms with van der Waals surface area (Å²) in [6.45, 7) is 8.41. The van der Waals surface area contributed by atoms with Gasteiger partial charge in [-0.25, -0.2) is 4.79 Å². The zero-order valence-electron chi connectivity index (χ0n) is 13.2. The molecule has 0 saturated carbocycles. The van der Waals surface area contributed by atoms with Crippen molar-refractivity contribution in [2.24, 2.45) is 5.92 Å². The third-order valence-electron chi connectivity index (χ3n) is 3.30. The van der Waals surface area contributed by atoms with E-state index in [1.54, 1.807) is 18.7 Å². The number of carboxylic acids is 1. The van der Waals surface area contributed by atoms with Gasteiger partial charge in [-0.2, -0.15) is 11.8 Å². The first-order chi connectivity index (χ1) is 9.18. The van der Waals surface area contributed by atoms with Gasteiger partial charge < -0.3 is 15.7 Å². The third-order valence-corrected chi connectivity index (χ3v) is 4.55. The van der Waals surface area contributed by atoms with Crippen LogP contribution in [0.1, 0.15) is 47.0 Å². The molecule has 2 unspecified atom stereocenters. The molecular formula is C14H28N2O3S. The lowest BCUT2D eigenvalue weighted by Crippen LogP contribution is -2.45. The molecule has 2 amide bonds. The molecule has 2 atom stereocenters. The topological polar surface area (TPSA) is 78.4 Å². The Morgan fingerprint density at radius 1 is 1.25 bits per heavy atom. The number of carbonyl (C=O) groups excluding carboxylic acids is 1. The quantitative estimate of drug-likeness (QED) is 0.612. The molecule has 6 heteroatoms. The van der Waals surface area contributed by atoms with Gasteiger partial charge >= 0.3 is 12.0 Å². The van der Waals surface area contributed by atoms with E-state index in [4.69, 9.17) is 5.11 Å². The van der Waals surface area contributed by atoms with Crippen LogP contribution >= 0.6 is 11.8 Å². The fraction of sp³-hybridized carbons (Fsp3) is 0.857. The zero-order chi connectivity index (χ0) is 15.8. The van der Waals surface area contributed by atoms with Crippen molar-refractivity contribution in [3.63, 3.8) is 0 Å². The van der Waals surface area contributed by atoms with Crippen molar-refractivity contribution in [1.82, 2.24) is 10.6 Å². The van der Waals surface area contributed by atoms with Crippen molar-refractivity contribution in [2.75, 3.05) is 12.8 Å². The van der Waals surface area contributed by atoms with E-state index in [2.05, 4.69) is 24.5 Å². The van der Waals surface area contributed by atoms with Gasteiger partial charge in [0.15, 0.2) is 0 Å². The Balaban J connectivity index is 3.83. The maximum atomic E-state index is 11.7. The maximum absolute atomic E-state index is 11.7. The average molecular weight is 304 g/mol. The van der Waals surface area contributed by atoms with Crippen LogP contribution < -0.4 is 10.6 Å². The van der Waals surface area contributed by atoms with Gasteiger partial charge in [-0.3, -0.25) is 4.79 Å². The van der Waals surface area contributed by atoms with E-state index in [1.807, 2.05) is 13.2 Å². The fourth-order valence-electron chi connectivity index (χ4n) is 1.57. The van der Waals surface area contributed by atoms with E-state index in [-0.39, 0.29) is 22.7 Å². The predicted molar refractivity (Wildman–Crippen MR) is 84.2 cm³/mol. The first-order valence-corrected chi connectivity index (χ1v) is 8.22. The zero-order valence-corrected chi connectivity index (χ0v) is 14.0. The first kappa shape index (κ1) is 19.1. The number of carboxylic acid groups (broad SMARTS) is 1. The molecule has 0 radical (unpaired) electrons. The number of aliphatic carboxylic acids is 1. The molecule has 0 aliphatic carbocycles. The number of urea groups is 1. The lowest BCUT2D eigenvalue weighted by atomic mass is 10.0. The average Bonchev–Trinajstić information content (AvgIpc) is 2.36. The van der Waals surface area contributed by atoms with E-state index in [0.717, 1.165) is 12.8 Å². The molecule has 3 N–H and O–H groups in total. The SMILES string of the molecule is CSC(C)(C)CNC(=O)NC(C)CCCC(C)C(=O)O. The van der Waals surface area contributed by atoms with Crippen molar-refractivity contribution in [3.8, 4) is 0 Å². The van der Waals surface area contributed by atoms with Gasteiger partial charge in [-0.05, 0) is 39.9 Å². The molecule has 0 rings (SSSR count). The van der Waals surface area contributed by atoms with E-state index in [1.165, 1.54) is 0 Å². The second-order valence-electron chi connectivity index (χ2n) is 5.86. The highest BCUT2D eigenvalue weighted by atomic mass is 32.2. The summed E-state index contributed by atoms with van der Waals surface area (Å²) in [5, 5.41) is 14.5. The molecule has 0 spiro atoms. The van der Waals surface area contributed by atoms with Gasteiger partial charge in [0, 0.05) is 17.3 Å². The van der Waals surface area contributed by atoms with E-state index in [9.17, 15) is 9.59 Å². The minimum Gasteiger partial charge on any atom is -0.481 e. The number of nitrogens with one attached hydrogen (secondary N) is 2. The molecule has 0 aliphatic heterocycles. The first-order valence-electron chi connectivity index (χ1n) is 7.00. The number of thioether (sulfide) groups is 1. The molecule has 0 aliphatic rings. The van der Waals surface area contributed by atoms with Gasteiger partial charge in [0.1, 0.15) is 0 Å². The van der Waals surface area contributed by atoms with Crippen LogP contribution in [0.25, 0.3) is 0 Å². The highest BCUT2D eigenvalue weighted by Crippen LogP contribution is 2.19. The summed E-state index contributed by atoms with van der Waals surface area (Å²) in [6.07, 6.45) is 4.25. The van der Waals surface area contributed by atoms with Gasteiger partial charge in [0.05, 0.1) is 5.92 Å².